The zero-order valence-corrected chi connectivity index (χ0v) is 8.61. The minimum atomic E-state index is -0.420. The maximum Gasteiger partial charge on any atom is 0.131 e. The molecule has 1 aliphatic rings. The third-order valence-electron chi connectivity index (χ3n) is 2.96. The van der Waals surface area contributed by atoms with Crippen LogP contribution in [0.25, 0.3) is 0 Å². The lowest BCUT2D eigenvalue weighted by Gasteiger charge is -2.33. The number of carbonyl (C=O) groups is 1. The van der Waals surface area contributed by atoms with Gasteiger partial charge in [0, 0.05) is 5.56 Å². The lowest BCUT2D eigenvalue weighted by atomic mass is 9.75. The summed E-state index contributed by atoms with van der Waals surface area (Å²) in [6.45, 7) is 4.32. The Morgan fingerprint density at radius 3 is 3.00 bits per heavy atom. The van der Waals surface area contributed by atoms with Crippen molar-refractivity contribution in [1.29, 1.82) is 0 Å². The van der Waals surface area contributed by atoms with Gasteiger partial charge < -0.3 is 9.53 Å². The van der Waals surface area contributed by atoms with Crippen LogP contribution in [0, 0.1) is 0 Å². The fourth-order valence-corrected chi connectivity index (χ4v) is 2.12. The molecule has 0 aliphatic carbocycles. The normalized spacial score (nSPS) is 23.7. The van der Waals surface area contributed by atoms with Crippen molar-refractivity contribution in [3.63, 3.8) is 0 Å². The summed E-state index contributed by atoms with van der Waals surface area (Å²) in [5.74, 6) is 0.831. The number of rotatable bonds is 3. The largest absolute Gasteiger partial charge is 0.493 e. The first-order chi connectivity index (χ1) is 7.32. The van der Waals surface area contributed by atoms with E-state index in [-0.39, 0.29) is 0 Å². The third-order valence-corrected chi connectivity index (χ3v) is 2.96. The lowest BCUT2D eigenvalue weighted by molar-refractivity contribution is -0.113. The predicted molar refractivity (Wildman–Crippen MR) is 59.1 cm³/mol. The van der Waals surface area contributed by atoms with E-state index < -0.39 is 5.41 Å². The van der Waals surface area contributed by atoms with Gasteiger partial charge >= 0.3 is 0 Å². The van der Waals surface area contributed by atoms with E-state index in [0.29, 0.717) is 13.0 Å². The van der Waals surface area contributed by atoms with Crippen LogP contribution in [-0.4, -0.2) is 12.9 Å². The maximum absolute atomic E-state index is 11.3. The molecule has 78 valence electrons. The summed E-state index contributed by atoms with van der Waals surface area (Å²) in [6.07, 6.45) is 4.25. The van der Waals surface area contributed by atoms with Crippen LogP contribution in [0.4, 0.5) is 0 Å². The van der Waals surface area contributed by atoms with Gasteiger partial charge in [-0.25, -0.2) is 0 Å². The molecule has 0 spiro atoms. The van der Waals surface area contributed by atoms with Crippen molar-refractivity contribution in [3.05, 3.63) is 42.5 Å². The summed E-state index contributed by atoms with van der Waals surface area (Å²) in [4.78, 5) is 11.3. The van der Waals surface area contributed by atoms with E-state index in [1.165, 1.54) is 0 Å². The maximum atomic E-state index is 11.3. The van der Waals surface area contributed by atoms with Crippen molar-refractivity contribution in [2.45, 2.75) is 18.3 Å². The standard InChI is InChI=1S/C13H14O2/c1-2-7-13(10-14)8-9-15-12-6-4-3-5-11(12)13/h2-6,10H,1,7-9H2. The first kappa shape index (κ1) is 9.97. The number of benzene rings is 1. The number of ether oxygens (including phenoxy) is 1. The average Bonchev–Trinajstić information content (AvgIpc) is 2.30. The van der Waals surface area contributed by atoms with Crippen LogP contribution in [0.5, 0.6) is 5.75 Å². The van der Waals surface area contributed by atoms with Crippen LogP contribution in [-0.2, 0) is 10.2 Å². The average molecular weight is 202 g/mol. The number of hydrogen-bond donors (Lipinski definition) is 0. The molecule has 0 saturated carbocycles. The molecule has 0 amide bonds. The summed E-state index contributed by atoms with van der Waals surface area (Å²) in [5, 5.41) is 0. The summed E-state index contributed by atoms with van der Waals surface area (Å²) in [7, 11) is 0. The van der Waals surface area contributed by atoms with Gasteiger partial charge in [-0.2, -0.15) is 0 Å². The Morgan fingerprint density at radius 2 is 2.27 bits per heavy atom. The molecule has 1 heterocycles. The monoisotopic (exact) mass is 202 g/mol. The lowest BCUT2D eigenvalue weighted by Crippen LogP contribution is -2.34. The highest BCUT2D eigenvalue weighted by molar-refractivity contribution is 5.71. The van der Waals surface area contributed by atoms with Crippen molar-refractivity contribution < 1.29 is 9.53 Å². The van der Waals surface area contributed by atoms with Crippen molar-refractivity contribution >= 4 is 6.29 Å². The first-order valence-corrected chi connectivity index (χ1v) is 5.12. The van der Waals surface area contributed by atoms with Crippen molar-refractivity contribution in [2.24, 2.45) is 0 Å². The molecule has 1 atom stereocenters. The molecule has 2 rings (SSSR count). The molecule has 2 heteroatoms. The van der Waals surface area contributed by atoms with Crippen molar-refractivity contribution in [1.82, 2.24) is 0 Å². The third kappa shape index (κ3) is 1.56. The SMILES string of the molecule is C=CCC1(C=O)CCOc2ccccc21. The second-order valence-corrected chi connectivity index (χ2v) is 3.86. The fraction of sp³-hybridized carbons (Fsp3) is 0.308. The predicted octanol–water partition coefficient (Wildman–Crippen LogP) is 2.48. The molecule has 0 saturated heterocycles. The van der Waals surface area contributed by atoms with Crippen molar-refractivity contribution in [3.8, 4) is 5.75 Å². The Labute approximate surface area is 89.6 Å². The van der Waals surface area contributed by atoms with Crippen LogP contribution in [0.3, 0.4) is 0 Å². The summed E-state index contributed by atoms with van der Waals surface area (Å²) in [6, 6.07) is 7.74. The number of fused-ring (bicyclic) bond motifs is 1. The zero-order valence-electron chi connectivity index (χ0n) is 8.61. The Hall–Kier alpha value is -1.57. The number of hydrogen-bond acceptors (Lipinski definition) is 2. The topological polar surface area (TPSA) is 26.3 Å². The molecule has 0 bridgehead atoms. The highest BCUT2D eigenvalue weighted by Gasteiger charge is 2.36. The molecule has 1 aliphatic heterocycles. The van der Waals surface area contributed by atoms with E-state index in [1.807, 2.05) is 24.3 Å². The van der Waals surface area contributed by atoms with Gasteiger partial charge in [-0.1, -0.05) is 24.3 Å². The molecule has 0 radical (unpaired) electrons. The summed E-state index contributed by atoms with van der Waals surface area (Å²) >= 11 is 0. The van der Waals surface area contributed by atoms with E-state index >= 15 is 0 Å². The Morgan fingerprint density at radius 1 is 1.47 bits per heavy atom. The smallest absolute Gasteiger partial charge is 0.131 e. The Bertz CT molecular complexity index is 384. The van der Waals surface area contributed by atoms with Crippen LogP contribution in [0.15, 0.2) is 36.9 Å². The van der Waals surface area contributed by atoms with Gasteiger partial charge in [0.25, 0.3) is 0 Å². The van der Waals surface area contributed by atoms with Gasteiger partial charge in [-0.05, 0) is 18.9 Å². The minimum absolute atomic E-state index is 0.420. The number of para-hydroxylation sites is 1. The molecule has 2 nitrogen and oxygen atoms in total. The first-order valence-electron chi connectivity index (χ1n) is 5.12. The molecule has 0 aromatic heterocycles. The van der Waals surface area contributed by atoms with E-state index in [2.05, 4.69) is 6.58 Å². The van der Waals surface area contributed by atoms with Gasteiger partial charge in [0.15, 0.2) is 0 Å². The van der Waals surface area contributed by atoms with Gasteiger partial charge in [0.1, 0.15) is 12.0 Å². The number of allylic oxidation sites excluding steroid dienone is 1. The van der Waals surface area contributed by atoms with Crippen LogP contribution in [0.1, 0.15) is 18.4 Å². The number of carbonyl (C=O) groups excluding carboxylic acids is 1. The highest BCUT2D eigenvalue weighted by Crippen LogP contribution is 2.39. The molecule has 1 unspecified atom stereocenters. The molecular formula is C13H14O2. The second-order valence-electron chi connectivity index (χ2n) is 3.86. The van der Waals surface area contributed by atoms with Crippen LogP contribution < -0.4 is 4.74 Å². The van der Waals surface area contributed by atoms with Gasteiger partial charge in [0.2, 0.25) is 0 Å². The van der Waals surface area contributed by atoms with Gasteiger partial charge in [-0.15, -0.1) is 6.58 Å². The Balaban J connectivity index is 2.51. The summed E-state index contributed by atoms with van der Waals surface area (Å²) in [5.41, 5.74) is 0.572. The Kier molecular flexibility index (Phi) is 2.58. The van der Waals surface area contributed by atoms with Gasteiger partial charge in [0.05, 0.1) is 12.0 Å². The summed E-state index contributed by atoms with van der Waals surface area (Å²) < 4.78 is 5.53. The molecular weight excluding hydrogens is 188 g/mol. The highest BCUT2D eigenvalue weighted by atomic mass is 16.5. The quantitative estimate of drug-likeness (QED) is 0.556. The van der Waals surface area contributed by atoms with Crippen molar-refractivity contribution in [2.75, 3.05) is 6.61 Å². The molecule has 15 heavy (non-hydrogen) atoms. The fourth-order valence-electron chi connectivity index (χ4n) is 2.12. The van der Waals surface area contributed by atoms with E-state index in [9.17, 15) is 4.79 Å². The van der Waals surface area contributed by atoms with E-state index in [0.717, 1.165) is 24.0 Å². The van der Waals surface area contributed by atoms with Crippen LogP contribution >= 0.6 is 0 Å². The molecule has 1 aromatic rings. The minimum Gasteiger partial charge on any atom is -0.493 e. The van der Waals surface area contributed by atoms with E-state index in [4.69, 9.17) is 4.74 Å². The zero-order chi connectivity index (χ0) is 10.7. The number of aldehydes is 1. The molecule has 0 N–H and O–H groups in total. The second kappa shape index (κ2) is 3.89. The van der Waals surface area contributed by atoms with Crippen LogP contribution in [0.2, 0.25) is 0 Å². The van der Waals surface area contributed by atoms with E-state index in [1.54, 1.807) is 6.08 Å². The molecule has 0 fully saturated rings. The molecule has 1 aromatic carbocycles. The van der Waals surface area contributed by atoms with Gasteiger partial charge in [-0.3, -0.25) is 0 Å².